The fourth-order valence-electron chi connectivity index (χ4n) is 1.35. The summed E-state index contributed by atoms with van der Waals surface area (Å²) in [6, 6.07) is 7.52. The summed E-state index contributed by atoms with van der Waals surface area (Å²) in [6.45, 7) is 0. The lowest BCUT2D eigenvalue weighted by molar-refractivity contribution is -0.115. The van der Waals surface area contributed by atoms with Crippen molar-refractivity contribution in [3.63, 3.8) is 0 Å². The van der Waals surface area contributed by atoms with Gasteiger partial charge in [0, 0.05) is 5.56 Å². The van der Waals surface area contributed by atoms with Gasteiger partial charge in [-0.05, 0) is 12.1 Å². The van der Waals surface area contributed by atoms with Crippen molar-refractivity contribution in [1.29, 1.82) is 0 Å². The Labute approximate surface area is 103 Å². The molecule has 1 aromatic carbocycles. The number of amides is 1. The molecule has 0 aromatic heterocycles. The van der Waals surface area contributed by atoms with Crippen molar-refractivity contribution in [2.45, 2.75) is 0 Å². The molecular formula is C11H9NO2S2. The van der Waals surface area contributed by atoms with E-state index < -0.39 is 0 Å². The Kier molecular flexibility index (Phi) is 3.26. The van der Waals surface area contributed by atoms with Crippen LogP contribution >= 0.6 is 24.0 Å². The zero-order chi connectivity index (χ0) is 11.5. The Bertz CT molecular complexity index is 483. The van der Waals surface area contributed by atoms with Crippen molar-refractivity contribution < 1.29 is 9.53 Å². The van der Waals surface area contributed by atoms with Gasteiger partial charge in [0.05, 0.1) is 12.0 Å². The summed E-state index contributed by atoms with van der Waals surface area (Å²) >= 11 is 6.17. The molecule has 1 aliphatic heterocycles. The van der Waals surface area contributed by atoms with Gasteiger partial charge in [-0.3, -0.25) is 4.79 Å². The van der Waals surface area contributed by atoms with E-state index in [9.17, 15) is 4.79 Å². The number of benzene rings is 1. The molecule has 5 heteroatoms. The number of ether oxygens (including phenoxy) is 1. The molecular weight excluding hydrogens is 242 g/mol. The maximum atomic E-state index is 11.5. The first-order chi connectivity index (χ1) is 7.70. The number of carbonyl (C=O) groups is 1. The second-order valence-electron chi connectivity index (χ2n) is 3.09. The van der Waals surface area contributed by atoms with E-state index in [1.165, 1.54) is 11.8 Å². The van der Waals surface area contributed by atoms with Crippen molar-refractivity contribution in [3.05, 3.63) is 34.7 Å². The molecule has 1 amide bonds. The summed E-state index contributed by atoms with van der Waals surface area (Å²) in [5.41, 5.74) is 0.868. The summed E-state index contributed by atoms with van der Waals surface area (Å²) in [7, 11) is 1.60. The van der Waals surface area contributed by atoms with Crippen LogP contribution in [0.25, 0.3) is 6.08 Å². The van der Waals surface area contributed by atoms with Gasteiger partial charge in [0.15, 0.2) is 0 Å². The predicted molar refractivity (Wildman–Crippen MR) is 69.3 cm³/mol. The highest BCUT2D eigenvalue weighted by Crippen LogP contribution is 2.28. The average molecular weight is 251 g/mol. The summed E-state index contributed by atoms with van der Waals surface area (Å²) in [6.07, 6.45) is 1.78. The highest BCUT2D eigenvalue weighted by molar-refractivity contribution is 8.26. The minimum Gasteiger partial charge on any atom is -0.496 e. The summed E-state index contributed by atoms with van der Waals surface area (Å²) in [4.78, 5) is 12.1. The minimum atomic E-state index is -0.152. The number of carbonyl (C=O) groups excluding carboxylic acids is 1. The molecule has 3 nitrogen and oxygen atoms in total. The average Bonchev–Trinajstić information content (AvgIpc) is 2.58. The summed E-state index contributed by atoms with van der Waals surface area (Å²) < 4.78 is 5.69. The molecule has 1 aromatic rings. The van der Waals surface area contributed by atoms with Crippen LogP contribution in [0.4, 0.5) is 0 Å². The number of rotatable bonds is 2. The quantitative estimate of drug-likeness (QED) is 0.646. The number of hydrogen-bond donors (Lipinski definition) is 1. The van der Waals surface area contributed by atoms with Crippen LogP contribution in [0.5, 0.6) is 5.75 Å². The van der Waals surface area contributed by atoms with Crippen LogP contribution in [-0.2, 0) is 4.79 Å². The van der Waals surface area contributed by atoms with Gasteiger partial charge in [-0.2, -0.15) is 0 Å². The minimum absolute atomic E-state index is 0.152. The van der Waals surface area contributed by atoms with E-state index in [1.54, 1.807) is 13.2 Å². The molecule has 1 fully saturated rings. The highest BCUT2D eigenvalue weighted by Gasteiger charge is 2.22. The Balaban J connectivity index is 2.36. The molecule has 0 radical (unpaired) electrons. The fraction of sp³-hybridized carbons (Fsp3) is 0.0909. The smallest absolute Gasteiger partial charge is 0.263 e. The van der Waals surface area contributed by atoms with Gasteiger partial charge >= 0.3 is 0 Å². The topological polar surface area (TPSA) is 38.3 Å². The molecule has 0 spiro atoms. The van der Waals surface area contributed by atoms with E-state index in [0.717, 1.165) is 11.3 Å². The Morgan fingerprint density at radius 2 is 2.19 bits per heavy atom. The molecule has 0 saturated carbocycles. The lowest BCUT2D eigenvalue weighted by Crippen LogP contribution is -2.17. The molecule has 0 atom stereocenters. The van der Waals surface area contributed by atoms with E-state index in [0.29, 0.717) is 9.23 Å². The van der Waals surface area contributed by atoms with Gasteiger partial charge in [0.1, 0.15) is 10.1 Å². The first-order valence-corrected chi connectivity index (χ1v) is 5.81. The second-order valence-corrected chi connectivity index (χ2v) is 4.81. The van der Waals surface area contributed by atoms with Gasteiger partial charge in [-0.1, -0.05) is 42.2 Å². The third-order valence-electron chi connectivity index (χ3n) is 2.07. The standard InChI is InChI=1S/C11H9NO2S2/c1-14-8-5-3-2-4-7(8)6-9-10(13)12-11(15)16-9/h2-6H,1H3,(H,12,13,15)/b9-6-. The lowest BCUT2D eigenvalue weighted by atomic mass is 10.2. The van der Waals surface area contributed by atoms with Crippen molar-refractivity contribution in [2.75, 3.05) is 7.11 Å². The van der Waals surface area contributed by atoms with Crippen LogP contribution in [0.15, 0.2) is 29.2 Å². The van der Waals surface area contributed by atoms with Crippen LogP contribution in [0.1, 0.15) is 5.56 Å². The molecule has 0 bridgehead atoms. The Hall–Kier alpha value is -1.33. The van der Waals surface area contributed by atoms with Crippen LogP contribution in [-0.4, -0.2) is 17.3 Å². The van der Waals surface area contributed by atoms with E-state index in [2.05, 4.69) is 5.32 Å². The molecule has 16 heavy (non-hydrogen) atoms. The SMILES string of the molecule is COc1ccccc1/C=C1\SC(=S)NC1=O. The van der Waals surface area contributed by atoms with E-state index in [4.69, 9.17) is 17.0 Å². The van der Waals surface area contributed by atoms with Gasteiger partial charge in [-0.25, -0.2) is 0 Å². The first-order valence-electron chi connectivity index (χ1n) is 4.58. The van der Waals surface area contributed by atoms with E-state index in [-0.39, 0.29) is 5.91 Å². The van der Waals surface area contributed by atoms with Crippen molar-refractivity contribution in [2.24, 2.45) is 0 Å². The van der Waals surface area contributed by atoms with Gasteiger partial charge in [-0.15, -0.1) is 0 Å². The molecule has 0 unspecified atom stereocenters. The first kappa shape index (κ1) is 11.2. The van der Waals surface area contributed by atoms with Crippen LogP contribution in [0.2, 0.25) is 0 Å². The normalized spacial score (nSPS) is 17.7. The molecule has 82 valence electrons. The van der Waals surface area contributed by atoms with Crippen LogP contribution in [0, 0.1) is 0 Å². The third kappa shape index (κ3) is 2.25. The molecule has 1 aliphatic rings. The largest absolute Gasteiger partial charge is 0.496 e. The Morgan fingerprint density at radius 1 is 1.44 bits per heavy atom. The van der Waals surface area contributed by atoms with Gasteiger partial charge in [0.2, 0.25) is 0 Å². The highest BCUT2D eigenvalue weighted by atomic mass is 32.2. The molecule has 1 N–H and O–H groups in total. The third-order valence-corrected chi connectivity index (χ3v) is 3.23. The number of thioether (sulfide) groups is 1. The maximum absolute atomic E-state index is 11.5. The van der Waals surface area contributed by atoms with Crippen LogP contribution < -0.4 is 10.1 Å². The zero-order valence-corrected chi connectivity index (χ0v) is 10.2. The Morgan fingerprint density at radius 3 is 2.81 bits per heavy atom. The zero-order valence-electron chi connectivity index (χ0n) is 8.52. The molecule has 2 rings (SSSR count). The lowest BCUT2D eigenvalue weighted by Gasteiger charge is -2.03. The van der Waals surface area contributed by atoms with E-state index in [1.807, 2.05) is 24.3 Å². The van der Waals surface area contributed by atoms with Gasteiger partial charge in [0.25, 0.3) is 5.91 Å². The second kappa shape index (κ2) is 4.67. The van der Waals surface area contributed by atoms with Crippen molar-refractivity contribution in [1.82, 2.24) is 5.32 Å². The summed E-state index contributed by atoms with van der Waals surface area (Å²) in [5, 5.41) is 2.57. The molecule has 1 saturated heterocycles. The maximum Gasteiger partial charge on any atom is 0.263 e. The number of para-hydroxylation sites is 1. The van der Waals surface area contributed by atoms with Gasteiger partial charge < -0.3 is 10.1 Å². The monoisotopic (exact) mass is 251 g/mol. The summed E-state index contributed by atoms with van der Waals surface area (Å²) in [5.74, 6) is 0.585. The van der Waals surface area contributed by atoms with Crippen molar-refractivity contribution >= 4 is 40.3 Å². The fourth-order valence-corrected chi connectivity index (χ4v) is 2.38. The van der Waals surface area contributed by atoms with E-state index >= 15 is 0 Å². The van der Waals surface area contributed by atoms with Crippen LogP contribution in [0.3, 0.4) is 0 Å². The number of nitrogens with one attached hydrogen (secondary N) is 1. The number of thiocarbonyl (C=S) groups is 1. The molecule has 0 aliphatic carbocycles. The predicted octanol–water partition coefficient (Wildman–Crippen LogP) is 2.18. The van der Waals surface area contributed by atoms with Crippen molar-refractivity contribution in [3.8, 4) is 5.75 Å². The number of methoxy groups -OCH3 is 1. The molecule has 1 heterocycles. The number of hydrogen-bond acceptors (Lipinski definition) is 4.